The lowest BCUT2D eigenvalue weighted by molar-refractivity contribution is -0.661. The van der Waals surface area contributed by atoms with Gasteiger partial charge in [0, 0.05) is 6.20 Å². The van der Waals surface area contributed by atoms with Gasteiger partial charge in [-0.1, -0.05) is 13.8 Å². The van der Waals surface area contributed by atoms with Crippen LogP contribution >= 0.6 is 0 Å². The summed E-state index contributed by atoms with van der Waals surface area (Å²) in [6.07, 6.45) is 1.57. The third kappa shape index (κ3) is 2.82. The smallest absolute Gasteiger partial charge is 0.240 e. The van der Waals surface area contributed by atoms with E-state index in [1.807, 2.05) is 13.8 Å². The summed E-state index contributed by atoms with van der Waals surface area (Å²) in [7, 11) is -3.58. The standard InChI is InChI=1S/C10H18N5O2S/c1-9(2)15-10(3-4-12-15)13-18(16,17)14-7-5-11-6-8-14/h3-4,9,11H,5-8H2,1-2H3/q-1/p+1. The quantitative estimate of drug-likeness (QED) is 0.809. The molecule has 7 nitrogen and oxygen atoms in total. The van der Waals surface area contributed by atoms with Crippen molar-refractivity contribution in [1.29, 1.82) is 0 Å². The number of quaternary nitrogens is 1. The minimum absolute atomic E-state index is 0.0867. The summed E-state index contributed by atoms with van der Waals surface area (Å²) in [5, 5.41) is 6.18. The lowest BCUT2D eigenvalue weighted by Crippen LogP contribution is -2.89. The average molecular weight is 273 g/mol. The molecule has 1 aliphatic rings. The summed E-state index contributed by atoms with van der Waals surface area (Å²) in [5.41, 5.74) is 0. The van der Waals surface area contributed by atoms with Crippen LogP contribution in [0.5, 0.6) is 0 Å². The van der Waals surface area contributed by atoms with E-state index in [0.717, 1.165) is 13.1 Å². The Bertz CT molecular complexity index is 490. The zero-order valence-electron chi connectivity index (χ0n) is 10.7. The fraction of sp³-hybridized carbons (Fsp3) is 0.700. The zero-order valence-corrected chi connectivity index (χ0v) is 11.5. The van der Waals surface area contributed by atoms with E-state index in [1.165, 1.54) is 4.31 Å². The van der Waals surface area contributed by atoms with E-state index in [2.05, 4.69) is 15.1 Å². The van der Waals surface area contributed by atoms with Crippen molar-refractivity contribution in [3.63, 3.8) is 0 Å². The summed E-state index contributed by atoms with van der Waals surface area (Å²) >= 11 is 0. The lowest BCUT2D eigenvalue weighted by atomic mass is 10.4. The molecule has 2 N–H and O–H groups in total. The summed E-state index contributed by atoms with van der Waals surface area (Å²) < 4.78 is 31.2. The van der Waals surface area contributed by atoms with Crippen LogP contribution < -0.4 is 5.32 Å². The molecule has 2 heterocycles. The molecule has 0 saturated carbocycles. The molecule has 1 fully saturated rings. The Hall–Kier alpha value is -1.12. The third-order valence-electron chi connectivity index (χ3n) is 2.84. The van der Waals surface area contributed by atoms with Gasteiger partial charge >= 0.3 is 0 Å². The van der Waals surface area contributed by atoms with Crippen LogP contribution in [0, 0.1) is 0 Å². The molecule has 0 aliphatic carbocycles. The van der Waals surface area contributed by atoms with E-state index >= 15 is 0 Å². The second-order valence-corrected chi connectivity index (χ2v) is 6.16. The van der Waals surface area contributed by atoms with Crippen LogP contribution in [0.15, 0.2) is 12.3 Å². The minimum atomic E-state index is -3.58. The summed E-state index contributed by atoms with van der Waals surface area (Å²) in [6.45, 7) is 6.49. The van der Waals surface area contributed by atoms with Gasteiger partial charge in [0.1, 0.15) is 0 Å². The highest BCUT2D eigenvalue weighted by Gasteiger charge is 2.22. The molecular formula is C10H19N5O2S. The van der Waals surface area contributed by atoms with Gasteiger partial charge in [-0.3, -0.25) is 5.10 Å². The Balaban J connectivity index is 2.14. The molecule has 0 unspecified atom stereocenters. The Kier molecular flexibility index (Phi) is 3.88. The maximum absolute atomic E-state index is 12.1. The van der Waals surface area contributed by atoms with Gasteiger partial charge < -0.3 is 14.7 Å². The van der Waals surface area contributed by atoms with Gasteiger partial charge in [0.15, 0.2) is 0 Å². The highest BCUT2D eigenvalue weighted by Crippen LogP contribution is 2.26. The van der Waals surface area contributed by atoms with Gasteiger partial charge in [-0.2, -0.15) is 4.31 Å². The zero-order chi connectivity index (χ0) is 13.2. The first-order chi connectivity index (χ1) is 8.50. The molecule has 8 heteroatoms. The van der Waals surface area contributed by atoms with Crippen molar-refractivity contribution in [2.75, 3.05) is 26.2 Å². The maximum Gasteiger partial charge on any atom is 0.240 e. The molecule has 0 radical (unpaired) electrons. The van der Waals surface area contributed by atoms with E-state index < -0.39 is 10.2 Å². The molecule has 1 saturated heterocycles. The number of rotatable bonds is 4. The Morgan fingerprint density at radius 2 is 2.06 bits per heavy atom. The summed E-state index contributed by atoms with van der Waals surface area (Å²) in [4.78, 5) is 0. The molecule has 0 bridgehead atoms. The SMILES string of the molecule is CC(C)n1nccc1[N-]S(=O)(=O)N1CC[NH2+]CC1. The highest BCUT2D eigenvalue weighted by molar-refractivity contribution is 7.92. The average Bonchev–Trinajstić information content (AvgIpc) is 2.78. The second-order valence-electron chi connectivity index (χ2n) is 4.56. The third-order valence-corrected chi connectivity index (χ3v) is 4.27. The molecule has 102 valence electrons. The van der Waals surface area contributed by atoms with Crippen LogP contribution in [0.25, 0.3) is 4.72 Å². The summed E-state index contributed by atoms with van der Waals surface area (Å²) in [5.74, 6) is 0.388. The predicted octanol–water partition coefficient (Wildman–Crippen LogP) is -0.407. The fourth-order valence-electron chi connectivity index (χ4n) is 1.91. The van der Waals surface area contributed by atoms with E-state index in [1.54, 1.807) is 16.9 Å². The van der Waals surface area contributed by atoms with Crippen molar-refractivity contribution in [1.82, 2.24) is 14.1 Å². The first-order valence-electron chi connectivity index (χ1n) is 6.09. The number of nitrogens with zero attached hydrogens (tertiary/aromatic N) is 4. The molecule has 0 amide bonds. The molecule has 1 aromatic heterocycles. The number of nitrogens with two attached hydrogens (primary N) is 1. The van der Waals surface area contributed by atoms with Crippen LogP contribution in [-0.4, -0.2) is 48.7 Å². The molecule has 2 rings (SSSR count). The molecule has 0 spiro atoms. The number of piperazine rings is 1. The Labute approximate surface area is 107 Å². The number of aromatic nitrogens is 2. The molecule has 1 aliphatic heterocycles. The first-order valence-corrected chi connectivity index (χ1v) is 7.48. The summed E-state index contributed by atoms with van der Waals surface area (Å²) in [6, 6.07) is 1.71. The molecule has 0 atom stereocenters. The van der Waals surface area contributed by atoms with E-state index in [9.17, 15) is 8.42 Å². The van der Waals surface area contributed by atoms with Gasteiger partial charge in [-0.25, -0.2) is 8.42 Å². The fourth-order valence-corrected chi connectivity index (χ4v) is 3.08. The van der Waals surface area contributed by atoms with Crippen molar-refractivity contribution in [3.8, 4) is 0 Å². The number of hydrogen-bond acceptors (Lipinski definition) is 3. The number of hydrogen-bond donors (Lipinski definition) is 1. The van der Waals surface area contributed by atoms with Crippen LogP contribution in [0.1, 0.15) is 19.9 Å². The monoisotopic (exact) mass is 273 g/mol. The maximum atomic E-state index is 12.1. The van der Waals surface area contributed by atoms with Crippen LogP contribution in [0.3, 0.4) is 0 Å². The Morgan fingerprint density at radius 1 is 1.39 bits per heavy atom. The van der Waals surface area contributed by atoms with Crippen molar-refractivity contribution >= 4 is 16.0 Å². The van der Waals surface area contributed by atoms with Crippen molar-refractivity contribution in [2.24, 2.45) is 0 Å². The lowest BCUT2D eigenvalue weighted by Gasteiger charge is -2.29. The van der Waals surface area contributed by atoms with Gasteiger partial charge in [0.25, 0.3) is 0 Å². The van der Waals surface area contributed by atoms with E-state index in [4.69, 9.17) is 0 Å². The van der Waals surface area contributed by atoms with Crippen LogP contribution in [-0.2, 0) is 10.2 Å². The molecule has 18 heavy (non-hydrogen) atoms. The second kappa shape index (κ2) is 5.25. The van der Waals surface area contributed by atoms with Gasteiger partial charge in [-0.05, 0) is 17.9 Å². The van der Waals surface area contributed by atoms with Crippen molar-refractivity contribution < 1.29 is 13.7 Å². The van der Waals surface area contributed by atoms with Crippen LogP contribution in [0.2, 0.25) is 0 Å². The van der Waals surface area contributed by atoms with Crippen molar-refractivity contribution in [3.05, 3.63) is 17.0 Å². The topological polar surface area (TPSA) is 85.9 Å². The van der Waals surface area contributed by atoms with E-state index in [0.29, 0.717) is 18.9 Å². The van der Waals surface area contributed by atoms with Gasteiger partial charge in [-0.15, -0.1) is 0 Å². The van der Waals surface area contributed by atoms with E-state index in [-0.39, 0.29) is 6.04 Å². The molecular weight excluding hydrogens is 254 g/mol. The molecule has 1 aromatic rings. The minimum Gasteiger partial charge on any atom is -0.374 e. The van der Waals surface area contributed by atoms with Gasteiger partial charge in [0.2, 0.25) is 10.2 Å². The highest BCUT2D eigenvalue weighted by atomic mass is 32.2. The Morgan fingerprint density at radius 3 is 2.67 bits per heavy atom. The normalized spacial score (nSPS) is 18.2. The predicted molar refractivity (Wildman–Crippen MR) is 67.8 cm³/mol. The van der Waals surface area contributed by atoms with Gasteiger partial charge in [0.05, 0.1) is 26.2 Å². The first kappa shape index (κ1) is 13.3. The van der Waals surface area contributed by atoms with Crippen LogP contribution in [0.4, 0.5) is 5.82 Å². The van der Waals surface area contributed by atoms with Crippen molar-refractivity contribution in [2.45, 2.75) is 19.9 Å². The molecule has 0 aromatic carbocycles. The largest absolute Gasteiger partial charge is 0.374 e.